The fraction of sp³-hybridized carbons (Fsp3) is 0.417. The van der Waals surface area contributed by atoms with Crippen LogP contribution < -0.4 is 16.0 Å². The van der Waals surface area contributed by atoms with E-state index in [4.69, 9.17) is 5.73 Å². The van der Waals surface area contributed by atoms with Gasteiger partial charge in [-0.3, -0.25) is 4.90 Å². The van der Waals surface area contributed by atoms with Gasteiger partial charge < -0.3 is 11.1 Å². The first kappa shape index (κ1) is 12.4. The van der Waals surface area contributed by atoms with Crippen LogP contribution in [0, 0.1) is 6.92 Å². The Morgan fingerprint density at radius 3 is 3.00 bits per heavy atom. The highest BCUT2D eigenvalue weighted by atomic mass is 79.9. The van der Waals surface area contributed by atoms with Crippen molar-refractivity contribution in [2.24, 2.45) is 5.73 Å². The molecule has 3 N–H and O–H groups in total. The molecule has 1 atom stereocenters. The Labute approximate surface area is 109 Å². The normalized spacial score (nSPS) is 19.6. The lowest BCUT2D eigenvalue weighted by Gasteiger charge is -2.15. The first-order chi connectivity index (χ1) is 8.11. The summed E-state index contributed by atoms with van der Waals surface area (Å²) in [5, 5.41) is 2.93. The van der Waals surface area contributed by atoms with Gasteiger partial charge in [0.15, 0.2) is 0 Å². The van der Waals surface area contributed by atoms with Crippen LogP contribution >= 0.6 is 15.9 Å². The lowest BCUT2D eigenvalue weighted by atomic mass is 10.2. The Bertz CT molecular complexity index is 436. The quantitative estimate of drug-likeness (QED) is 0.896. The van der Waals surface area contributed by atoms with Crippen molar-refractivity contribution < 1.29 is 4.79 Å². The zero-order valence-corrected chi connectivity index (χ0v) is 11.3. The van der Waals surface area contributed by atoms with Gasteiger partial charge in [-0.1, -0.05) is 15.9 Å². The first-order valence-electron chi connectivity index (χ1n) is 5.66. The van der Waals surface area contributed by atoms with E-state index in [1.54, 1.807) is 4.90 Å². The number of nitrogens with two attached hydrogens (primary N) is 1. The van der Waals surface area contributed by atoms with Gasteiger partial charge in [-0.05, 0) is 43.7 Å². The summed E-state index contributed by atoms with van der Waals surface area (Å²) < 4.78 is 1.05. The van der Waals surface area contributed by atoms with Gasteiger partial charge in [0.05, 0.1) is 0 Å². The zero-order chi connectivity index (χ0) is 12.4. The number of rotatable bonds is 3. The summed E-state index contributed by atoms with van der Waals surface area (Å²) in [6, 6.07) is 6.05. The highest BCUT2D eigenvalue weighted by molar-refractivity contribution is 9.10. The van der Waals surface area contributed by atoms with Crippen LogP contribution in [-0.4, -0.2) is 25.2 Å². The number of amides is 2. The fourth-order valence-corrected chi connectivity index (χ4v) is 2.23. The van der Waals surface area contributed by atoms with Crippen LogP contribution in [0.1, 0.15) is 12.0 Å². The lowest BCUT2D eigenvalue weighted by molar-refractivity contribution is 0.250. The van der Waals surface area contributed by atoms with Crippen LogP contribution in [0.15, 0.2) is 22.7 Å². The number of carbonyl (C=O) groups is 1. The molecule has 0 radical (unpaired) electrons. The molecule has 1 heterocycles. The van der Waals surface area contributed by atoms with Gasteiger partial charge in [0.2, 0.25) is 0 Å². The number of nitrogens with zero attached hydrogens (tertiary/aromatic N) is 1. The zero-order valence-electron chi connectivity index (χ0n) is 9.74. The summed E-state index contributed by atoms with van der Waals surface area (Å²) in [5.74, 6) is 0. The molecule has 0 bridgehead atoms. The van der Waals surface area contributed by atoms with Crippen LogP contribution in [-0.2, 0) is 0 Å². The Morgan fingerprint density at radius 1 is 1.59 bits per heavy atom. The summed E-state index contributed by atoms with van der Waals surface area (Å²) in [6.07, 6.45) is 0.817. The Kier molecular flexibility index (Phi) is 3.69. The van der Waals surface area contributed by atoms with Gasteiger partial charge in [0.25, 0.3) is 0 Å². The summed E-state index contributed by atoms with van der Waals surface area (Å²) in [5.41, 5.74) is 7.56. The highest BCUT2D eigenvalue weighted by Crippen LogP contribution is 2.25. The van der Waals surface area contributed by atoms with Crippen molar-refractivity contribution in [3.05, 3.63) is 28.2 Å². The number of hydrogen-bond donors (Lipinski definition) is 2. The Hall–Kier alpha value is -1.07. The smallest absolute Gasteiger partial charge is 0.322 e. The third kappa shape index (κ3) is 2.61. The second-order valence-electron chi connectivity index (χ2n) is 4.27. The van der Waals surface area contributed by atoms with E-state index in [1.165, 1.54) is 0 Å². The molecule has 1 saturated heterocycles. The van der Waals surface area contributed by atoms with Crippen molar-refractivity contribution in [2.45, 2.75) is 19.4 Å². The molecule has 0 spiro atoms. The predicted octanol–water partition coefficient (Wildman–Crippen LogP) is 2.00. The fourth-order valence-electron chi connectivity index (χ4n) is 1.99. The van der Waals surface area contributed by atoms with E-state index in [1.807, 2.05) is 25.1 Å². The van der Waals surface area contributed by atoms with Crippen LogP contribution in [0.25, 0.3) is 0 Å². The molecule has 0 aromatic heterocycles. The number of hydrogen-bond acceptors (Lipinski definition) is 2. The predicted molar refractivity (Wildman–Crippen MR) is 72.2 cm³/mol. The molecule has 4 nitrogen and oxygen atoms in total. The molecule has 2 amide bonds. The highest BCUT2D eigenvalue weighted by Gasteiger charge is 2.29. The van der Waals surface area contributed by atoms with Crippen LogP contribution in [0.2, 0.25) is 0 Å². The van der Waals surface area contributed by atoms with Gasteiger partial charge in [-0.2, -0.15) is 0 Å². The Morgan fingerprint density at radius 2 is 2.35 bits per heavy atom. The van der Waals surface area contributed by atoms with Crippen molar-refractivity contribution >= 4 is 27.6 Å². The maximum Gasteiger partial charge on any atom is 0.322 e. The molecule has 2 rings (SSSR count). The standard InChI is InChI=1S/C12H16BrN3O/c1-8-6-10(2-3-11(8)13)16-7-9(4-5-14)15-12(16)17/h2-3,6,9H,4-5,7,14H2,1H3,(H,15,17). The molecule has 0 aliphatic carbocycles. The van der Waals surface area contributed by atoms with E-state index in [9.17, 15) is 4.79 Å². The summed E-state index contributed by atoms with van der Waals surface area (Å²) in [7, 11) is 0. The third-order valence-corrected chi connectivity index (χ3v) is 3.83. The third-order valence-electron chi connectivity index (χ3n) is 2.94. The minimum Gasteiger partial charge on any atom is -0.333 e. The Balaban J connectivity index is 2.17. The van der Waals surface area contributed by atoms with E-state index in [0.29, 0.717) is 13.1 Å². The molecule has 0 saturated carbocycles. The van der Waals surface area contributed by atoms with Crippen molar-refractivity contribution in [3.8, 4) is 0 Å². The molecular weight excluding hydrogens is 282 g/mol. The maximum absolute atomic E-state index is 11.8. The second kappa shape index (κ2) is 5.06. The minimum atomic E-state index is -0.0369. The molecule has 17 heavy (non-hydrogen) atoms. The minimum absolute atomic E-state index is 0.0369. The first-order valence-corrected chi connectivity index (χ1v) is 6.45. The summed E-state index contributed by atoms with van der Waals surface area (Å²) >= 11 is 3.45. The van der Waals surface area contributed by atoms with Crippen molar-refractivity contribution in [2.75, 3.05) is 18.0 Å². The number of aryl methyl sites for hydroxylation is 1. The van der Waals surface area contributed by atoms with Gasteiger partial charge in [-0.25, -0.2) is 4.79 Å². The molecule has 1 aliphatic rings. The number of urea groups is 1. The molecule has 1 aromatic rings. The molecule has 1 fully saturated rings. The average Bonchev–Trinajstić information content (AvgIpc) is 2.64. The van der Waals surface area contributed by atoms with Crippen molar-refractivity contribution in [3.63, 3.8) is 0 Å². The van der Waals surface area contributed by atoms with E-state index >= 15 is 0 Å². The second-order valence-corrected chi connectivity index (χ2v) is 5.12. The molecule has 5 heteroatoms. The van der Waals surface area contributed by atoms with Crippen LogP contribution in [0.4, 0.5) is 10.5 Å². The summed E-state index contributed by atoms with van der Waals surface area (Å²) in [6.45, 7) is 3.30. The van der Waals surface area contributed by atoms with Gasteiger partial charge >= 0.3 is 6.03 Å². The number of nitrogens with one attached hydrogen (secondary N) is 1. The number of anilines is 1. The molecule has 1 aromatic carbocycles. The topological polar surface area (TPSA) is 58.4 Å². The lowest BCUT2D eigenvalue weighted by Crippen LogP contribution is -2.29. The van der Waals surface area contributed by atoms with E-state index in [2.05, 4.69) is 21.2 Å². The monoisotopic (exact) mass is 297 g/mol. The number of carbonyl (C=O) groups excluding carboxylic acids is 1. The molecular formula is C12H16BrN3O. The van der Waals surface area contributed by atoms with Crippen molar-refractivity contribution in [1.82, 2.24) is 5.32 Å². The largest absolute Gasteiger partial charge is 0.333 e. The van der Waals surface area contributed by atoms with E-state index in [0.717, 1.165) is 22.1 Å². The van der Waals surface area contributed by atoms with Gasteiger partial charge in [-0.15, -0.1) is 0 Å². The SMILES string of the molecule is Cc1cc(N2CC(CCN)NC2=O)ccc1Br. The van der Waals surface area contributed by atoms with E-state index in [-0.39, 0.29) is 12.1 Å². The van der Waals surface area contributed by atoms with Crippen LogP contribution in [0.3, 0.4) is 0 Å². The van der Waals surface area contributed by atoms with Gasteiger partial charge in [0.1, 0.15) is 0 Å². The molecule has 1 unspecified atom stereocenters. The van der Waals surface area contributed by atoms with E-state index < -0.39 is 0 Å². The van der Waals surface area contributed by atoms with Gasteiger partial charge in [0, 0.05) is 22.7 Å². The van der Waals surface area contributed by atoms with Crippen LogP contribution in [0.5, 0.6) is 0 Å². The van der Waals surface area contributed by atoms with Crippen molar-refractivity contribution in [1.29, 1.82) is 0 Å². The number of halogens is 1. The number of benzene rings is 1. The maximum atomic E-state index is 11.8. The molecule has 1 aliphatic heterocycles. The molecule has 92 valence electrons. The summed E-state index contributed by atoms with van der Waals surface area (Å²) in [4.78, 5) is 13.6. The average molecular weight is 298 g/mol.